The summed E-state index contributed by atoms with van der Waals surface area (Å²) in [7, 11) is 1.85. The number of hydrogen-bond donors (Lipinski definition) is 2. The molecule has 0 fully saturated rings. The SMILES string of the molecule is CN(CCO)Cc1cc(NC(=O)c2cc3nccnc3cc2F)ccc1Cl. The Morgan fingerprint density at radius 2 is 1.93 bits per heavy atom. The standard InChI is InChI=1S/C19H18ClFN4O2/c1-25(6-7-26)11-12-8-13(2-3-15(12)20)24-19(27)14-9-17-18(10-16(14)21)23-5-4-22-17/h2-5,8-10,26H,6-7,11H2,1H3,(H,24,27). The Morgan fingerprint density at radius 1 is 1.22 bits per heavy atom. The highest BCUT2D eigenvalue weighted by Crippen LogP contribution is 2.23. The van der Waals surface area contributed by atoms with Crippen LogP contribution in [0.4, 0.5) is 10.1 Å². The zero-order chi connectivity index (χ0) is 19.4. The second-order valence-electron chi connectivity index (χ2n) is 6.10. The predicted octanol–water partition coefficient (Wildman–Crippen LogP) is 3.10. The number of benzene rings is 2. The molecule has 8 heteroatoms. The van der Waals surface area contributed by atoms with Crippen molar-refractivity contribution >= 4 is 34.2 Å². The van der Waals surface area contributed by atoms with Crippen LogP contribution < -0.4 is 5.32 Å². The Hall–Kier alpha value is -2.61. The van der Waals surface area contributed by atoms with Crippen molar-refractivity contribution in [1.29, 1.82) is 0 Å². The summed E-state index contributed by atoms with van der Waals surface area (Å²) in [4.78, 5) is 22.5. The number of aromatic nitrogens is 2. The first-order valence-corrected chi connectivity index (χ1v) is 8.65. The van der Waals surface area contributed by atoms with Gasteiger partial charge in [-0.05, 0) is 36.9 Å². The van der Waals surface area contributed by atoms with Crippen molar-refractivity contribution in [3.05, 3.63) is 64.7 Å². The fourth-order valence-electron chi connectivity index (χ4n) is 2.67. The molecule has 0 aliphatic carbocycles. The van der Waals surface area contributed by atoms with Gasteiger partial charge in [-0.15, -0.1) is 0 Å². The monoisotopic (exact) mass is 388 g/mol. The number of aliphatic hydroxyl groups excluding tert-OH is 1. The molecule has 0 aliphatic rings. The van der Waals surface area contributed by atoms with E-state index in [4.69, 9.17) is 16.7 Å². The largest absolute Gasteiger partial charge is 0.395 e. The van der Waals surface area contributed by atoms with E-state index in [1.165, 1.54) is 24.5 Å². The summed E-state index contributed by atoms with van der Waals surface area (Å²) < 4.78 is 14.3. The molecule has 3 rings (SSSR count). The number of amides is 1. The van der Waals surface area contributed by atoms with Gasteiger partial charge in [0.2, 0.25) is 0 Å². The summed E-state index contributed by atoms with van der Waals surface area (Å²) in [5.74, 6) is -1.26. The molecule has 1 aromatic heterocycles. The Kier molecular flexibility index (Phi) is 5.95. The number of nitrogens with one attached hydrogen (secondary N) is 1. The van der Waals surface area contributed by atoms with Crippen LogP contribution >= 0.6 is 11.6 Å². The first kappa shape index (κ1) is 19.2. The van der Waals surface area contributed by atoms with Gasteiger partial charge in [0.05, 0.1) is 23.2 Å². The highest BCUT2D eigenvalue weighted by Gasteiger charge is 2.15. The van der Waals surface area contributed by atoms with Crippen molar-refractivity contribution < 1.29 is 14.3 Å². The van der Waals surface area contributed by atoms with Crippen LogP contribution in [-0.4, -0.2) is 46.1 Å². The number of nitrogens with zero attached hydrogens (tertiary/aromatic N) is 3. The van der Waals surface area contributed by atoms with Gasteiger partial charge in [0.15, 0.2) is 0 Å². The van der Waals surface area contributed by atoms with Gasteiger partial charge >= 0.3 is 0 Å². The van der Waals surface area contributed by atoms with E-state index in [-0.39, 0.29) is 12.2 Å². The smallest absolute Gasteiger partial charge is 0.258 e. The maximum absolute atomic E-state index is 14.3. The highest BCUT2D eigenvalue weighted by molar-refractivity contribution is 6.31. The molecule has 1 heterocycles. The van der Waals surface area contributed by atoms with Crippen LogP contribution in [0.1, 0.15) is 15.9 Å². The Balaban J connectivity index is 1.83. The summed E-state index contributed by atoms with van der Waals surface area (Å²) >= 11 is 6.21. The molecule has 2 N–H and O–H groups in total. The van der Waals surface area contributed by atoms with Crippen molar-refractivity contribution in [2.45, 2.75) is 6.54 Å². The van der Waals surface area contributed by atoms with Gasteiger partial charge in [0.1, 0.15) is 5.82 Å². The van der Waals surface area contributed by atoms with E-state index in [2.05, 4.69) is 15.3 Å². The Labute approximate surface area is 160 Å². The van der Waals surface area contributed by atoms with Gasteiger partial charge in [-0.2, -0.15) is 0 Å². The van der Waals surface area contributed by atoms with E-state index < -0.39 is 11.7 Å². The van der Waals surface area contributed by atoms with Crippen molar-refractivity contribution in [2.24, 2.45) is 0 Å². The minimum Gasteiger partial charge on any atom is -0.395 e. The quantitative estimate of drug-likeness (QED) is 0.678. The lowest BCUT2D eigenvalue weighted by atomic mass is 10.1. The van der Waals surface area contributed by atoms with Crippen molar-refractivity contribution in [1.82, 2.24) is 14.9 Å². The minimum atomic E-state index is -0.669. The summed E-state index contributed by atoms with van der Waals surface area (Å²) in [6.45, 7) is 1.04. The molecule has 0 bridgehead atoms. The Morgan fingerprint density at radius 3 is 2.63 bits per heavy atom. The molecule has 0 spiro atoms. The molecule has 1 amide bonds. The Bertz CT molecular complexity index is 983. The lowest BCUT2D eigenvalue weighted by Gasteiger charge is -2.17. The average Bonchev–Trinajstić information content (AvgIpc) is 2.64. The second-order valence-corrected chi connectivity index (χ2v) is 6.51. The minimum absolute atomic E-state index is 0.0364. The zero-order valence-corrected chi connectivity index (χ0v) is 15.4. The lowest BCUT2D eigenvalue weighted by molar-refractivity contribution is 0.102. The number of carbonyl (C=O) groups excluding carboxylic acids is 1. The molecule has 0 saturated carbocycles. The van der Waals surface area contributed by atoms with Gasteiger partial charge < -0.3 is 10.4 Å². The van der Waals surface area contributed by atoms with Crippen LogP contribution in [0.2, 0.25) is 5.02 Å². The fourth-order valence-corrected chi connectivity index (χ4v) is 2.85. The number of anilines is 1. The summed E-state index contributed by atoms with van der Waals surface area (Å²) in [5.41, 5.74) is 1.99. The van der Waals surface area contributed by atoms with E-state index >= 15 is 0 Å². The van der Waals surface area contributed by atoms with Gasteiger partial charge in [0.25, 0.3) is 5.91 Å². The van der Waals surface area contributed by atoms with E-state index in [0.29, 0.717) is 34.8 Å². The van der Waals surface area contributed by atoms with E-state index in [9.17, 15) is 9.18 Å². The predicted molar refractivity (Wildman–Crippen MR) is 102 cm³/mol. The zero-order valence-electron chi connectivity index (χ0n) is 14.6. The molecular weight excluding hydrogens is 371 g/mol. The molecule has 6 nitrogen and oxygen atoms in total. The van der Waals surface area contributed by atoms with Crippen LogP contribution in [0.15, 0.2) is 42.7 Å². The van der Waals surface area contributed by atoms with Crippen LogP contribution in [0.25, 0.3) is 11.0 Å². The molecule has 0 atom stereocenters. The normalized spacial score (nSPS) is 11.1. The van der Waals surface area contributed by atoms with Crippen LogP contribution in [0, 0.1) is 5.82 Å². The fraction of sp³-hybridized carbons (Fsp3) is 0.211. The second kappa shape index (κ2) is 8.39. The molecule has 27 heavy (non-hydrogen) atoms. The van der Waals surface area contributed by atoms with Crippen LogP contribution in [0.5, 0.6) is 0 Å². The van der Waals surface area contributed by atoms with Crippen LogP contribution in [0.3, 0.4) is 0 Å². The summed E-state index contributed by atoms with van der Waals surface area (Å²) in [6, 6.07) is 7.61. The maximum Gasteiger partial charge on any atom is 0.258 e. The van der Waals surface area contributed by atoms with E-state index in [1.54, 1.807) is 18.2 Å². The number of aliphatic hydroxyl groups is 1. The number of rotatable bonds is 6. The number of carbonyl (C=O) groups is 1. The van der Waals surface area contributed by atoms with Gasteiger partial charge in [-0.25, -0.2) is 4.39 Å². The van der Waals surface area contributed by atoms with Gasteiger partial charge in [-0.1, -0.05) is 11.6 Å². The first-order chi connectivity index (χ1) is 13.0. The third-order valence-electron chi connectivity index (χ3n) is 4.03. The molecule has 2 aromatic carbocycles. The van der Waals surface area contributed by atoms with Crippen molar-refractivity contribution in [3.63, 3.8) is 0 Å². The average molecular weight is 389 g/mol. The van der Waals surface area contributed by atoms with Gasteiger partial charge in [-0.3, -0.25) is 19.7 Å². The molecule has 0 radical (unpaired) electrons. The molecule has 0 unspecified atom stereocenters. The number of fused-ring (bicyclic) bond motifs is 1. The van der Waals surface area contributed by atoms with Crippen molar-refractivity contribution in [3.8, 4) is 0 Å². The molecule has 140 valence electrons. The third kappa shape index (κ3) is 4.57. The van der Waals surface area contributed by atoms with Crippen LogP contribution in [-0.2, 0) is 6.54 Å². The number of likely N-dealkylation sites (N-methyl/N-ethyl adjacent to an activating group) is 1. The van der Waals surface area contributed by atoms with E-state index in [1.807, 2.05) is 11.9 Å². The van der Waals surface area contributed by atoms with E-state index in [0.717, 1.165) is 5.56 Å². The number of halogens is 2. The third-order valence-corrected chi connectivity index (χ3v) is 4.40. The highest BCUT2D eigenvalue weighted by atomic mass is 35.5. The number of hydrogen-bond acceptors (Lipinski definition) is 5. The molecule has 3 aromatic rings. The summed E-state index contributed by atoms with van der Waals surface area (Å²) in [6.07, 6.45) is 2.95. The van der Waals surface area contributed by atoms with Gasteiger partial charge in [0, 0.05) is 42.3 Å². The van der Waals surface area contributed by atoms with Crippen molar-refractivity contribution in [2.75, 3.05) is 25.5 Å². The summed E-state index contributed by atoms with van der Waals surface area (Å²) in [5, 5.41) is 12.2. The lowest BCUT2D eigenvalue weighted by Crippen LogP contribution is -2.22. The topological polar surface area (TPSA) is 78.4 Å². The molecule has 0 saturated heterocycles. The maximum atomic E-state index is 14.3. The first-order valence-electron chi connectivity index (χ1n) is 8.27. The molecular formula is C19H18ClFN4O2. The molecule has 0 aliphatic heterocycles.